The Hall–Kier alpha value is -1.52. The van der Waals surface area contributed by atoms with Gasteiger partial charge in [-0.05, 0) is 58.4 Å². The molecule has 1 fully saturated rings. The summed E-state index contributed by atoms with van der Waals surface area (Å²) < 4.78 is 5.49. The number of hydrogen-bond donors (Lipinski definition) is 1. The first-order valence-corrected chi connectivity index (χ1v) is 7.98. The highest BCUT2D eigenvalue weighted by atomic mass is 16.6. The number of ether oxygens (including phenoxy) is 1. The Morgan fingerprint density at radius 3 is 2.90 bits per heavy atom. The average molecular weight is 291 g/mol. The maximum absolute atomic E-state index is 12.2. The molecule has 116 valence electrons. The van der Waals surface area contributed by atoms with E-state index in [0.717, 1.165) is 38.8 Å². The van der Waals surface area contributed by atoms with Crippen LogP contribution >= 0.6 is 0 Å². The third kappa shape index (κ3) is 3.06. The van der Waals surface area contributed by atoms with Crippen LogP contribution in [0.4, 0.5) is 4.79 Å². The molecule has 1 aliphatic carbocycles. The number of rotatable bonds is 1. The number of aromatic amines is 1. The number of carbonyl (C=O) groups is 1. The molecular weight excluding hydrogens is 266 g/mol. The van der Waals surface area contributed by atoms with E-state index in [1.165, 1.54) is 23.4 Å². The van der Waals surface area contributed by atoms with Crippen molar-refractivity contribution in [3.63, 3.8) is 0 Å². The van der Waals surface area contributed by atoms with Crippen molar-refractivity contribution in [2.75, 3.05) is 13.1 Å². The summed E-state index contributed by atoms with van der Waals surface area (Å²) in [5.41, 5.74) is 3.47. The molecule has 0 aromatic carbocycles. The third-order valence-electron chi connectivity index (χ3n) is 4.30. The van der Waals surface area contributed by atoms with Crippen molar-refractivity contribution in [2.24, 2.45) is 0 Å². The number of hydrogen-bond acceptors (Lipinski definition) is 3. The van der Waals surface area contributed by atoms with Gasteiger partial charge in [-0.2, -0.15) is 5.10 Å². The van der Waals surface area contributed by atoms with E-state index >= 15 is 0 Å². The summed E-state index contributed by atoms with van der Waals surface area (Å²) in [7, 11) is 0. The first-order chi connectivity index (χ1) is 9.94. The number of piperidine rings is 1. The van der Waals surface area contributed by atoms with Gasteiger partial charge in [-0.15, -0.1) is 0 Å². The molecule has 5 nitrogen and oxygen atoms in total. The quantitative estimate of drug-likeness (QED) is 0.865. The number of carbonyl (C=O) groups excluding carboxylic acids is 1. The second-order valence-corrected chi connectivity index (χ2v) is 7.19. The molecule has 0 radical (unpaired) electrons. The number of aryl methyl sites for hydroxylation is 1. The van der Waals surface area contributed by atoms with Gasteiger partial charge in [-0.1, -0.05) is 0 Å². The second-order valence-electron chi connectivity index (χ2n) is 7.19. The van der Waals surface area contributed by atoms with Crippen LogP contribution in [0, 0.1) is 0 Å². The molecular formula is C16H25N3O2. The van der Waals surface area contributed by atoms with Gasteiger partial charge in [-0.25, -0.2) is 4.79 Å². The lowest BCUT2D eigenvalue weighted by Crippen LogP contribution is -2.42. The van der Waals surface area contributed by atoms with Gasteiger partial charge in [0.25, 0.3) is 0 Å². The summed E-state index contributed by atoms with van der Waals surface area (Å²) in [6.45, 7) is 7.25. The van der Waals surface area contributed by atoms with Crippen LogP contribution in [0.15, 0.2) is 0 Å². The maximum Gasteiger partial charge on any atom is 0.410 e. The van der Waals surface area contributed by atoms with Gasteiger partial charge >= 0.3 is 6.09 Å². The van der Waals surface area contributed by atoms with Crippen molar-refractivity contribution in [1.29, 1.82) is 0 Å². The molecule has 1 atom stereocenters. The second kappa shape index (κ2) is 5.35. The molecule has 21 heavy (non-hydrogen) atoms. The normalized spacial score (nSPS) is 22.2. The molecule has 1 unspecified atom stereocenters. The van der Waals surface area contributed by atoms with Gasteiger partial charge in [0.2, 0.25) is 0 Å². The zero-order chi connectivity index (χ0) is 15.0. The molecule has 5 heteroatoms. The molecule has 1 amide bonds. The van der Waals surface area contributed by atoms with Gasteiger partial charge in [0.05, 0.1) is 5.69 Å². The summed E-state index contributed by atoms with van der Waals surface area (Å²) in [6.07, 6.45) is 5.40. The molecule has 1 aromatic rings. The van der Waals surface area contributed by atoms with Crippen LogP contribution in [0.1, 0.15) is 62.9 Å². The molecule has 0 bridgehead atoms. The number of amides is 1. The smallest absolute Gasteiger partial charge is 0.410 e. The first kappa shape index (κ1) is 14.4. The molecule has 1 N–H and O–H groups in total. The largest absolute Gasteiger partial charge is 0.444 e. The van der Waals surface area contributed by atoms with Crippen LogP contribution in [0.3, 0.4) is 0 Å². The fourth-order valence-electron chi connectivity index (χ4n) is 3.38. The lowest BCUT2D eigenvalue weighted by atomic mass is 9.92. The van der Waals surface area contributed by atoms with Crippen LogP contribution < -0.4 is 0 Å². The maximum atomic E-state index is 12.2. The third-order valence-corrected chi connectivity index (χ3v) is 4.30. The highest BCUT2D eigenvalue weighted by Gasteiger charge is 2.32. The Bertz CT molecular complexity index is 530. The Labute approximate surface area is 126 Å². The van der Waals surface area contributed by atoms with E-state index in [1.807, 2.05) is 25.7 Å². The summed E-state index contributed by atoms with van der Waals surface area (Å²) in [5.74, 6) is 0.351. The summed E-state index contributed by atoms with van der Waals surface area (Å²) >= 11 is 0. The summed E-state index contributed by atoms with van der Waals surface area (Å²) in [4.78, 5) is 14.1. The topological polar surface area (TPSA) is 58.2 Å². The number of nitrogens with zero attached hydrogens (tertiary/aromatic N) is 2. The van der Waals surface area contributed by atoms with Crippen molar-refractivity contribution >= 4 is 6.09 Å². The van der Waals surface area contributed by atoms with Crippen LogP contribution in [-0.4, -0.2) is 39.9 Å². The highest BCUT2D eigenvalue weighted by molar-refractivity contribution is 5.68. The zero-order valence-corrected chi connectivity index (χ0v) is 13.2. The van der Waals surface area contributed by atoms with Gasteiger partial charge < -0.3 is 9.64 Å². The minimum absolute atomic E-state index is 0.195. The molecule has 1 aromatic heterocycles. The average Bonchev–Trinajstić information content (AvgIpc) is 2.99. The first-order valence-electron chi connectivity index (χ1n) is 7.98. The fourth-order valence-corrected chi connectivity index (χ4v) is 3.38. The van der Waals surface area contributed by atoms with Crippen LogP contribution in [0.25, 0.3) is 0 Å². The van der Waals surface area contributed by atoms with Crippen molar-refractivity contribution in [3.8, 4) is 0 Å². The van der Waals surface area contributed by atoms with Crippen molar-refractivity contribution in [1.82, 2.24) is 15.1 Å². The van der Waals surface area contributed by atoms with Crippen LogP contribution in [0.5, 0.6) is 0 Å². The standard InChI is InChI=1S/C16H25N3O2/c1-16(2,3)21-15(20)19-9-5-6-11(10-19)14-12-7-4-8-13(12)17-18-14/h11H,4-10H2,1-3H3,(H,17,18). The molecule has 0 saturated carbocycles. The number of fused-ring (bicyclic) bond motifs is 1. The molecule has 1 saturated heterocycles. The van der Waals surface area contributed by atoms with Crippen LogP contribution in [-0.2, 0) is 17.6 Å². The molecule has 1 aliphatic heterocycles. The number of likely N-dealkylation sites (tertiary alicyclic amines) is 1. The van der Waals surface area contributed by atoms with E-state index in [2.05, 4.69) is 10.2 Å². The van der Waals surface area contributed by atoms with E-state index in [-0.39, 0.29) is 6.09 Å². The van der Waals surface area contributed by atoms with E-state index in [0.29, 0.717) is 5.92 Å². The Morgan fingerprint density at radius 2 is 2.14 bits per heavy atom. The predicted octanol–water partition coefficient (Wildman–Crippen LogP) is 3.01. The minimum Gasteiger partial charge on any atom is -0.444 e. The van der Waals surface area contributed by atoms with Gasteiger partial charge in [0, 0.05) is 24.7 Å². The monoisotopic (exact) mass is 291 g/mol. The van der Waals surface area contributed by atoms with E-state index < -0.39 is 5.60 Å². The van der Waals surface area contributed by atoms with E-state index in [1.54, 1.807) is 0 Å². The van der Waals surface area contributed by atoms with Gasteiger partial charge in [-0.3, -0.25) is 5.10 Å². The fraction of sp³-hybridized carbons (Fsp3) is 0.750. The van der Waals surface area contributed by atoms with E-state index in [4.69, 9.17) is 4.74 Å². The Morgan fingerprint density at radius 1 is 1.33 bits per heavy atom. The lowest BCUT2D eigenvalue weighted by molar-refractivity contribution is 0.0197. The zero-order valence-electron chi connectivity index (χ0n) is 13.2. The van der Waals surface area contributed by atoms with Crippen molar-refractivity contribution in [3.05, 3.63) is 17.0 Å². The number of nitrogens with one attached hydrogen (secondary N) is 1. The molecule has 3 rings (SSSR count). The molecule has 2 aliphatic rings. The highest BCUT2D eigenvalue weighted by Crippen LogP contribution is 2.33. The SMILES string of the molecule is CC(C)(C)OC(=O)N1CCCC(c2n[nH]c3c2CCC3)C1. The minimum atomic E-state index is -0.433. The number of aromatic nitrogens is 2. The molecule has 2 heterocycles. The Kier molecular flexibility index (Phi) is 3.68. The van der Waals surface area contributed by atoms with E-state index in [9.17, 15) is 4.79 Å². The van der Waals surface area contributed by atoms with Gasteiger partial charge in [0.15, 0.2) is 0 Å². The van der Waals surface area contributed by atoms with Crippen molar-refractivity contribution in [2.45, 2.75) is 64.4 Å². The lowest BCUT2D eigenvalue weighted by Gasteiger charge is -2.33. The molecule has 0 spiro atoms. The predicted molar refractivity (Wildman–Crippen MR) is 80.4 cm³/mol. The van der Waals surface area contributed by atoms with Crippen LogP contribution in [0.2, 0.25) is 0 Å². The summed E-state index contributed by atoms with van der Waals surface area (Å²) in [5, 5.41) is 7.71. The van der Waals surface area contributed by atoms with Crippen molar-refractivity contribution < 1.29 is 9.53 Å². The number of H-pyrrole nitrogens is 1. The summed E-state index contributed by atoms with van der Waals surface area (Å²) in [6, 6.07) is 0. The Balaban J connectivity index is 1.70. The van der Waals surface area contributed by atoms with Gasteiger partial charge in [0.1, 0.15) is 5.60 Å².